The molecule has 1 N–H and O–H groups in total. The lowest BCUT2D eigenvalue weighted by Crippen LogP contribution is -2.45. The Balaban J connectivity index is 2.18. The van der Waals surface area contributed by atoms with Gasteiger partial charge in [0, 0.05) is 12.0 Å². The van der Waals surface area contributed by atoms with Crippen LogP contribution < -0.4 is 5.32 Å². The van der Waals surface area contributed by atoms with Crippen LogP contribution >= 0.6 is 0 Å². The monoisotopic (exact) mass is 269 g/mol. The van der Waals surface area contributed by atoms with Crippen molar-refractivity contribution in [3.8, 4) is 0 Å². The van der Waals surface area contributed by atoms with Crippen molar-refractivity contribution in [2.24, 2.45) is 5.41 Å². The van der Waals surface area contributed by atoms with Crippen LogP contribution in [-0.4, -0.2) is 33.9 Å². The van der Waals surface area contributed by atoms with Crippen molar-refractivity contribution >= 4 is 15.5 Å². The summed E-state index contributed by atoms with van der Waals surface area (Å²) in [5.74, 6) is 0.117. The molecule has 1 saturated heterocycles. The highest BCUT2D eigenvalue weighted by Gasteiger charge is 2.33. The highest BCUT2D eigenvalue weighted by Crippen LogP contribution is 2.28. The van der Waals surface area contributed by atoms with Crippen molar-refractivity contribution in [2.45, 2.75) is 18.7 Å². The zero-order chi connectivity index (χ0) is 13.2. The Labute approximate surface area is 108 Å². The van der Waals surface area contributed by atoms with Crippen LogP contribution in [0.5, 0.6) is 0 Å². The van der Waals surface area contributed by atoms with Crippen LogP contribution in [0.4, 0.5) is 5.69 Å². The van der Waals surface area contributed by atoms with E-state index in [-0.39, 0.29) is 11.2 Å². The van der Waals surface area contributed by atoms with Crippen molar-refractivity contribution in [1.82, 2.24) is 0 Å². The summed E-state index contributed by atoms with van der Waals surface area (Å²) in [5.41, 5.74) is 0.802. The first-order valence-electron chi connectivity index (χ1n) is 6.10. The molecule has 1 aromatic carbocycles. The first kappa shape index (κ1) is 13.4. The van der Waals surface area contributed by atoms with Gasteiger partial charge in [-0.3, -0.25) is 0 Å². The van der Waals surface area contributed by atoms with Crippen LogP contribution in [-0.2, 0) is 14.6 Å². The molecular formula is C13H19NO3S. The molecule has 1 aromatic rings. The Morgan fingerprint density at radius 1 is 1.33 bits per heavy atom. The van der Waals surface area contributed by atoms with Crippen molar-refractivity contribution < 1.29 is 13.2 Å². The fraction of sp³-hybridized carbons (Fsp3) is 0.538. The van der Waals surface area contributed by atoms with E-state index >= 15 is 0 Å². The van der Waals surface area contributed by atoms with Gasteiger partial charge in [-0.25, -0.2) is 8.42 Å². The highest BCUT2D eigenvalue weighted by atomic mass is 32.2. The molecule has 1 aliphatic rings. The summed E-state index contributed by atoms with van der Waals surface area (Å²) in [4.78, 5) is 0.386. The van der Waals surface area contributed by atoms with E-state index in [0.29, 0.717) is 10.6 Å². The Kier molecular flexibility index (Phi) is 3.64. The van der Waals surface area contributed by atoms with Crippen LogP contribution in [0.1, 0.15) is 13.8 Å². The summed E-state index contributed by atoms with van der Waals surface area (Å²) in [5, 5.41) is 3.24. The molecule has 0 bridgehead atoms. The molecule has 0 amide bonds. The van der Waals surface area contributed by atoms with Gasteiger partial charge in [-0.1, -0.05) is 26.0 Å². The van der Waals surface area contributed by atoms with E-state index in [1.54, 1.807) is 19.1 Å². The minimum absolute atomic E-state index is 0.114. The molecule has 1 aliphatic heterocycles. The summed E-state index contributed by atoms with van der Waals surface area (Å²) in [6, 6.07) is 7.06. The van der Waals surface area contributed by atoms with Crippen LogP contribution in [0.2, 0.25) is 0 Å². The van der Waals surface area contributed by atoms with E-state index in [2.05, 4.69) is 12.2 Å². The number of sulfone groups is 1. The van der Waals surface area contributed by atoms with E-state index in [1.807, 2.05) is 12.1 Å². The summed E-state index contributed by atoms with van der Waals surface area (Å²) < 4.78 is 29.1. The second kappa shape index (κ2) is 4.90. The van der Waals surface area contributed by atoms with Crippen molar-refractivity contribution in [3.63, 3.8) is 0 Å². The second-order valence-corrected chi connectivity index (χ2v) is 7.30. The van der Waals surface area contributed by atoms with E-state index in [0.717, 1.165) is 19.8 Å². The molecule has 18 heavy (non-hydrogen) atoms. The Morgan fingerprint density at radius 2 is 2.00 bits per heavy atom. The summed E-state index contributed by atoms with van der Waals surface area (Å²) in [6.07, 6.45) is 0. The van der Waals surface area contributed by atoms with E-state index in [1.165, 1.54) is 0 Å². The topological polar surface area (TPSA) is 55.4 Å². The van der Waals surface area contributed by atoms with Gasteiger partial charge in [0.05, 0.1) is 29.5 Å². The van der Waals surface area contributed by atoms with E-state index in [4.69, 9.17) is 4.74 Å². The predicted molar refractivity (Wildman–Crippen MR) is 71.6 cm³/mol. The fourth-order valence-electron chi connectivity index (χ4n) is 1.90. The lowest BCUT2D eigenvalue weighted by molar-refractivity contribution is -0.0924. The maximum atomic E-state index is 12.0. The Hall–Kier alpha value is -1.07. The predicted octanol–water partition coefficient (Wildman–Crippen LogP) is 1.93. The maximum Gasteiger partial charge on any atom is 0.180 e. The molecule has 2 rings (SSSR count). The van der Waals surface area contributed by atoms with Gasteiger partial charge in [-0.15, -0.1) is 0 Å². The van der Waals surface area contributed by atoms with Gasteiger partial charge in [-0.2, -0.15) is 0 Å². The number of rotatable bonds is 5. The molecule has 0 spiro atoms. The normalized spacial score (nSPS) is 18.1. The molecule has 5 heteroatoms. The number of para-hydroxylation sites is 1. The van der Waals surface area contributed by atoms with Crippen LogP contribution in [0, 0.1) is 5.41 Å². The first-order valence-corrected chi connectivity index (χ1v) is 7.75. The highest BCUT2D eigenvalue weighted by molar-refractivity contribution is 7.91. The fourth-order valence-corrected chi connectivity index (χ4v) is 2.97. The van der Waals surface area contributed by atoms with Crippen LogP contribution in [0.25, 0.3) is 0 Å². The SMILES string of the molecule is CCS(=O)(=O)c1ccccc1NCC1(C)COC1. The molecule has 0 aromatic heterocycles. The van der Waals surface area contributed by atoms with Gasteiger partial charge >= 0.3 is 0 Å². The summed E-state index contributed by atoms with van der Waals surface area (Å²) >= 11 is 0. The average molecular weight is 269 g/mol. The smallest absolute Gasteiger partial charge is 0.180 e. The number of nitrogens with one attached hydrogen (secondary N) is 1. The summed E-state index contributed by atoms with van der Waals surface area (Å²) in [7, 11) is -3.18. The van der Waals surface area contributed by atoms with Gasteiger partial charge in [0.2, 0.25) is 0 Å². The van der Waals surface area contributed by atoms with Gasteiger partial charge in [0.25, 0.3) is 0 Å². The lowest BCUT2D eigenvalue weighted by atomic mass is 9.89. The quantitative estimate of drug-likeness (QED) is 0.887. The number of hydrogen-bond acceptors (Lipinski definition) is 4. The van der Waals surface area contributed by atoms with Gasteiger partial charge in [0.1, 0.15) is 0 Å². The number of anilines is 1. The van der Waals surface area contributed by atoms with Crippen molar-refractivity contribution in [3.05, 3.63) is 24.3 Å². The molecule has 1 heterocycles. The molecule has 0 radical (unpaired) electrons. The van der Waals surface area contributed by atoms with E-state index < -0.39 is 9.84 Å². The molecule has 4 nitrogen and oxygen atoms in total. The molecule has 0 aliphatic carbocycles. The van der Waals surface area contributed by atoms with Gasteiger partial charge < -0.3 is 10.1 Å². The molecular weight excluding hydrogens is 250 g/mol. The standard InChI is InChI=1S/C13H19NO3S/c1-3-18(15,16)12-7-5-4-6-11(12)14-8-13(2)9-17-10-13/h4-7,14H,3,8-10H2,1-2H3. The molecule has 0 saturated carbocycles. The third-order valence-electron chi connectivity index (χ3n) is 3.21. The molecule has 1 fully saturated rings. The zero-order valence-corrected chi connectivity index (χ0v) is 11.6. The van der Waals surface area contributed by atoms with Crippen molar-refractivity contribution in [1.29, 1.82) is 0 Å². The van der Waals surface area contributed by atoms with Crippen LogP contribution in [0.15, 0.2) is 29.2 Å². The number of ether oxygens (including phenoxy) is 1. The van der Waals surface area contributed by atoms with Crippen molar-refractivity contribution in [2.75, 3.05) is 30.8 Å². The van der Waals surface area contributed by atoms with Crippen LogP contribution in [0.3, 0.4) is 0 Å². The van der Waals surface area contributed by atoms with Gasteiger partial charge in [-0.05, 0) is 12.1 Å². The molecule has 0 atom stereocenters. The Morgan fingerprint density at radius 3 is 2.56 bits per heavy atom. The van der Waals surface area contributed by atoms with Gasteiger partial charge in [0.15, 0.2) is 9.84 Å². The maximum absolute atomic E-state index is 12.0. The second-order valence-electron chi connectivity index (χ2n) is 5.06. The largest absolute Gasteiger partial charge is 0.383 e. The molecule has 0 unspecified atom stereocenters. The molecule has 100 valence electrons. The lowest BCUT2D eigenvalue weighted by Gasteiger charge is -2.38. The first-order chi connectivity index (χ1) is 8.47. The number of hydrogen-bond donors (Lipinski definition) is 1. The summed E-state index contributed by atoms with van der Waals surface area (Å²) in [6.45, 7) is 5.96. The number of benzene rings is 1. The zero-order valence-electron chi connectivity index (χ0n) is 10.8. The minimum atomic E-state index is -3.18. The third-order valence-corrected chi connectivity index (χ3v) is 5.00. The average Bonchev–Trinajstić information content (AvgIpc) is 2.34. The Bertz CT molecular complexity index is 521. The third kappa shape index (κ3) is 2.67. The van der Waals surface area contributed by atoms with E-state index in [9.17, 15) is 8.42 Å². The minimum Gasteiger partial charge on any atom is -0.383 e.